The van der Waals surface area contributed by atoms with Crippen LogP contribution in [0.1, 0.15) is 108 Å². The Morgan fingerprint density at radius 1 is 0.314 bits per heavy atom. The van der Waals surface area contributed by atoms with Gasteiger partial charge in [0.05, 0.1) is 10.8 Å². The van der Waals surface area contributed by atoms with E-state index in [2.05, 4.69) is 283 Å². The highest BCUT2D eigenvalue weighted by Crippen LogP contribution is 2.60. The molecular weight excluding hydrogens is 1290 g/mol. The number of anilines is 6. The predicted molar refractivity (Wildman–Crippen MR) is 428 cm³/mol. The molecule has 2 aliphatic carbocycles. The van der Waals surface area contributed by atoms with E-state index in [4.69, 9.17) is 13.9 Å². The van der Waals surface area contributed by atoms with Gasteiger partial charge in [-0.05, 0) is 245 Å². The first kappa shape index (κ1) is 65.7. The van der Waals surface area contributed by atoms with Crippen molar-refractivity contribution in [3.05, 3.63) is 407 Å². The highest BCUT2D eigenvalue weighted by molar-refractivity contribution is 6.07. The van der Waals surface area contributed by atoms with Gasteiger partial charge in [-0.15, -0.1) is 0 Å². The molecule has 2 atom stereocenters. The van der Waals surface area contributed by atoms with E-state index in [-0.39, 0.29) is 22.5 Å². The average molecular weight is 1370 g/mol. The topological polar surface area (TPSA) is 38.1 Å². The first-order valence-electron chi connectivity index (χ1n) is 35.8. The molecule has 0 bridgehead atoms. The van der Waals surface area contributed by atoms with Crippen molar-refractivity contribution >= 4 is 68.2 Å². The van der Waals surface area contributed by atoms with Crippen LogP contribution in [0.15, 0.2) is 333 Å². The number of fused-ring (bicyclic) bond motifs is 9. The minimum Gasteiger partial charge on any atom is -0.457 e. The van der Waals surface area contributed by atoms with E-state index in [1.165, 1.54) is 46.5 Å². The lowest BCUT2D eigenvalue weighted by Crippen LogP contribution is -2.29. The van der Waals surface area contributed by atoms with Crippen LogP contribution in [0.4, 0.5) is 42.9 Å². The third-order valence-corrected chi connectivity index (χ3v) is 21.3. The molecule has 0 radical (unpaired) electrons. The maximum Gasteiger partial charge on any atom is 0.137 e. The van der Waals surface area contributed by atoms with Crippen LogP contribution >= 0.6 is 0 Å². The number of halogens is 2. The van der Waals surface area contributed by atoms with E-state index < -0.39 is 10.8 Å². The van der Waals surface area contributed by atoms with Gasteiger partial charge in [0.1, 0.15) is 45.8 Å². The molecule has 1 heterocycles. The standard InChI is InChI=1S/C98H76F2N2O3/c1-9-63-19-47-79(48-20-63)103-81-51-31-69(32-52-81)97(67-27-23-65(24-28-67)95(3,4)5)89-17-13-11-15-83(89)85-55-43-75(59-91(85)97)101(73-39-35-71(99)36-40-73)77-45-57-87-88-58-46-78(62-94(88)105-93(87)61-77)102(74-41-37-72(100)38-42-74)76-44-56-86-84-16-12-14-18-90(84)98(92(86)60-76,68-29-25-66(26-30-68)96(6,7)8)70-33-53-82(54-34-70)104-80-49-21-64(10-2)22-50-80/h9-62H,1-2H2,3-8H3. The molecule has 2 aliphatic rings. The highest BCUT2D eigenvalue weighted by atomic mass is 19.1. The first-order chi connectivity index (χ1) is 51.0. The zero-order chi connectivity index (χ0) is 71.9. The van der Waals surface area contributed by atoms with Crippen LogP contribution < -0.4 is 19.3 Å². The number of benzene rings is 14. The maximum atomic E-state index is 15.2. The molecule has 105 heavy (non-hydrogen) atoms. The summed E-state index contributed by atoms with van der Waals surface area (Å²) in [6.07, 6.45) is 3.65. The van der Waals surface area contributed by atoms with E-state index in [9.17, 15) is 0 Å². The molecule has 5 nitrogen and oxygen atoms in total. The summed E-state index contributed by atoms with van der Waals surface area (Å²) < 4.78 is 50.6. The van der Waals surface area contributed by atoms with Gasteiger partial charge in [-0.1, -0.05) is 225 Å². The molecule has 0 spiro atoms. The summed E-state index contributed by atoms with van der Waals surface area (Å²) in [6, 6.07) is 108. The van der Waals surface area contributed by atoms with Crippen molar-refractivity contribution in [1.82, 2.24) is 0 Å². The molecule has 0 saturated heterocycles. The van der Waals surface area contributed by atoms with Crippen molar-refractivity contribution in [2.24, 2.45) is 0 Å². The molecule has 0 N–H and O–H groups in total. The fourth-order valence-corrected chi connectivity index (χ4v) is 16.1. The second-order valence-electron chi connectivity index (χ2n) is 29.6. The summed E-state index contributed by atoms with van der Waals surface area (Å²) in [4.78, 5) is 4.38. The lowest BCUT2D eigenvalue weighted by molar-refractivity contribution is 0.482. The summed E-state index contributed by atoms with van der Waals surface area (Å²) in [5.74, 6) is 2.24. The van der Waals surface area contributed by atoms with Gasteiger partial charge in [0, 0.05) is 57.0 Å². The Balaban J connectivity index is 0.790. The summed E-state index contributed by atoms with van der Waals surface area (Å²) >= 11 is 0. The van der Waals surface area contributed by atoms with Crippen LogP contribution in [-0.4, -0.2) is 0 Å². The molecule has 1 aromatic heterocycles. The summed E-state index contributed by atoms with van der Waals surface area (Å²) in [5.41, 5.74) is 22.5. The molecule has 14 aromatic carbocycles. The lowest BCUT2D eigenvalue weighted by atomic mass is 9.67. The van der Waals surface area contributed by atoms with E-state index in [0.29, 0.717) is 11.2 Å². The third kappa shape index (κ3) is 11.4. The van der Waals surface area contributed by atoms with Crippen molar-refractivity contribution in [2.75, 3.05) is 9.80 Å². The van der Waals surface area contributed by atoms with E-state index in [1.54, 1.807) is 0 Å². The van der Waals surface area contributed by atoms with Gasteiger partial charge in [-0.25, -0.2) is 8.78 Å². The fourth-order valence-electron chi connectivity index (χ4n) is 16.1. The smallest absolute Gasteiger partial charge is 0.137 e. The van der Waals surface area contributed by atoms with Crippen LogP contribution in [0.2, 0.25) is 0 Å². The van der Waals surface area contributed by atoms with Crippen LogP contribution in [0.3, 0.4) is 0 Å². The van der Waals surface area contributed by atoms with Gasteiger partial charge in [-0.2, -0.15) is 0 Å². The Hall–Kier alpha value is -12.6. The number of furan rings is 1. The molecule has 0 amide bonds. The molecule has 17 rings (SSSR count). The summed E-state index contributed by atoms with van der Waals surface area (Å²) in [5, 5.41) is 1.85. The van der Waals surface area contributed by atoms with Crippen molar-refractivity contribution < 1.29 is 22.7 Å². The zero-order valence-electron chi connectivity index (χ0n) is 59.5. The van der Waals surface area contributed by atoms with Gasteiger partial charge >= 0.3 is 0 Å². The van der Waals surface area contributed by atoms with E-state index in [1.807, 2.05) is 84.9 Å². The van der Waals surface area contributed by atoms with Crippen LogP contribution in [0, 0.1) is 11.6 Å². The van der Waals surface area contributed by atoms with Gasteiger partial charge < -0.3 is 23.7 Å². The normalized spacial score (nSPS) is 15.0. The third-order valence-electron chi connectivity index (χ3n) is 21.3. The Morgan fingerprint density at radius 2 is 0.610 bits per heavy atom. The molecule has 2 unspecified atom stereocenters. The average Bonchev–Trinajstić information content (AvgIpc) is 1.56. The number of nitrogens with zero attached hydrogens (tertiary/aromatic N) is 2. The number of hydrogen-bond donors (Lipinski definition) is 0. The van der Waals surface area contributed by atoms with E-state index >= 15 is 8.78 Å². The van der Waals surface area contributed by atoms with Crippen molar-refractivity contribution in [2.45, 2.75) is 63.2 Å². The minimum atomic E-state index is -0.784. The van der Waals surface area contributed by atoms with Crippen molar-refractivity contribution in [1.29, 1.82) is 0 Å². The largest absolute Gasteiger partial charge is 0.457 e. The van der Waals surface area contributed by atoms with Crippen molar-refractivity contribution in [3.8, 4) is 45.3 Å². The molecule has 7 heteroatoms. The van der Waals surface area contributed by atoms with Gasteiger partial charge in [0.2, 0.25) is 0 Å². The highest BCUT2D eigenvalue weighted by Gasteiger charge is 2.48. The zero-order valence-corrected chi connectivity index (χ0v) is 59.5. The van der Waals surface area contributed by atoms with Crippen molar-refractivity contribution in [3.63, 3.8) is 0 Å². The monoisotopic (exact) mass is 1370 g/mol. The van der Waals surface area contributed by atoms with Crippen LogP contribution in [-0.2, 0) is 21.7 Å². The molecule has 0 aliphatic heterocycles. The second kappa shape index (κ2) is 25.7. The molecular formula is C98H76F2N2O3. The van der Waals surface area contributed by atoms with Crippen LogP contribution in [0.5, 0.6) is 23.0 Å². The second-order valence-corrected chi connectivity index (χ2v) is 29.6. The van der Waals surface area contributed by atoms with Crippen LogP contribution in [0.25, 0.3) is 56.3 Å². The number of ether oxygens (including phenoxy) is 2. The Bertz CT molecular complexity index is 5470. The quantitative estimate of drug-likeness (QED) is 0.0964. The predicted octanol–water partition coefficient (Wildman–Crippen LogP) is 27.0. The molecule has 15 aromatic rings. The van der Waals surface area contributed by atoms with E-state index in [0.717, 1.165) is 135 Å². The van der Waals surface area contributed by atoms with Gasteiger partial charge in [0.25, 0.3) is 0 Å². The molecule has 0 fully saturated rings. The Morgan fingerprint density at radius 3 is 0.952 bits per heavy atom. The fraction of sp³-hybridized carbons (Fsp3) is 0.102. The summed E-state index contributed by atoms with van der Waals surface area (Å²) in [7, 11) is 0. The summed E-state index contributed by atoms with van der Waals surface area (Å²) in [6.45, 7) is 21.3. The molecule has 510 valence electrons. The Kier molecular flexibility index (Phi) is 16.1. The SMILES string of the molecule is C=Cc1ccc(Oc2ccc(C3(c4ccc(C(C)(C)C)cc4)c4ccccc4-c4ccc(N(c5ccc(F)cc5)c5ccc6c(c5)oc5cc(N(c7ccc(F)cc7)c7ccc8c(c7)C(c7ccc(Oc9ccc(C=C)cc9)cc7)(c7ccc(C(C)(C)C)cc7)c7ccccc7-8)ccc56)cc43)cc2)cc1. The molecule has 0 saturated carbocycles. The number of rotatable bonds is 16. The number of hydrogen-bond acceptors (Lipinski definition) is 5. The van der Waals surface area contributed by atoms with Gasteiger partial charge in [0.15, 0.2) is 0 Å². The lowest BCUT2D eigenvalue weighted by Gasteiger charge is -2.35. The minimum absolute atomic E-state index is 0.0737. The van der Waals surface area contributed by atoms with Gasteiger partial charge in [-0.3, -0.25) is 0 Å². The first-order valence-corrected chi connectivity index (χ1v) is 35.8. The maximum absolute atomic E-state index is 15.2. The Labute approximate surface area is 612 Å².